The SMILES string of the molecule is Cc1ccc(NC(=O)/C(C#N)=C\c2sccc2C)c(C)c1. The zero-order valence-electron chi connectivity index (χ0n) is 12.2. The Kier molecular flexibility index (Phi) is 4.56. The van der Waals surface area contributed by atoms with Crippen molar-refractivity contribution in [3.63, 3.8) is 0 Å². The molecule has 0 saturated heterocycles. The summed E-state index contributed by atoms with van der Waals surface area (Å²) < 4.78 is 0. The van der Waals surface area contributed by atoms with Gasteiger partial charge >= 0.3 is 0 Å². The Bertz CT molecular complexity index is 750. The molecule has 2 aromatic rings. The van der Waals surface area contributed by atoms with Crippen molar-refractivity contribution in [2.24, 2.45) is 0 Å². The molecule has 0 radical (unpaired) electrons. The summed E-state index contributed by atoms with van der Waals surface area (Å²) in [5, 5.41) is 13.9. The lowest BCUT2D eigenvalue weighted by atomic mass is 10.1. The summed E-state index contributed by atoms with van der Waals surface area (Å²) >= 11 is 1.51. The van der Waals surface area contributed by atoms with Gasteiger partial charge < -0.3 is 5.32 Å². The van der Waals surface area contributed by atoms with E-state index in [1.165, 1.54) is 11.3 Å². The van der Waals surface area contributed by atoms with E-state index in [-0.39, 0.29) is 11.5 Å². The molecule has 2 rings (SSSR count). The van der Waals surface area contributed by atoms with Crippen molar-refractivity contribution in [2.45, 2.75) is 20.8 Å². The van der Waals surface area contributed by atoms with Crippen LogP contribution in [0.5, 0.6) is 0 Å². The van der Waals surface area contributed by atoms with Crippen LogP contribution in [-0.2, 0) is 4.79 Å². The molecule has 0 aliphatic carbocycles. The molecule has 1 aromatic heterocycles. The maximum Gasteiger partial charge on any atom is 0.266 e. The van der Waals surface area contributed by atoms with Crippen LogP contribution in [0, 0.1) is 32.1 Å². The van der Waals surface area contributed by atoms with Crippen LogP contribution in [-0.4, -0.2) is 5.91 Å². The molecule has 0 bridgehead atoms. The molecule has 0 spiro atoms. The second kappa shape index (κ2) is 6.38. The molecule has 1 aromatic carbocycles. The van der Waals surface area contributed by atoms with E-state index in [0.717, 1.165) is 27.3 Å². The van der Waals surface area contributed by atoms with Gasteiger partial charge in [-0.25, -0.2) is 0 Å². The predicted molar refractivity (Wildman–Crippen MR) is 87.2 cm³/mol. The number of thiophene rings is 1. The third kappa shape index (κ3) is 3.59. The van der Waals surface area contributed by atoms with Crippen molar-refractivity contribution < 1.29 is 4.79 Å². The van der Waals surface area contributed by atoms with Crippen LogP contribution < -0.4 is 5.32 Å². The van der Waals surface area contributed by atoms with Crippen LogP contribution in [0.1, 0.15) is 21.6 Å². The van der Waals surface area contributed by atoms with Crippen molar-refractivity contribution in [1.82, 2.24) is 0 Å². The highest BCUT2D eigenvalue weighted by molar-refractivity contribution is 7.11. The highest BCUT2D eigenvalue weighted by Gasteiger charge is 2.11. The van der Waals surface area contributed by atoms with Crippen LogP contribution in [0.15, 0.2) is 35.2 Å². The summed E-state index contributed by atoms with van der Waals surface area (Å²) in [5.41, 5.74) is 4.02. The van der Waals surface area contributed by atoms with Gasteiger partial charge in [0.05, 0.1) is 0 Å². The fraction of sp³-hybridized carbons (Fsp3) is 0.176. The molecule has 21 heavy (non-hydrogen) atoms. The van der Waals surface area contributed by atoms with Crippen molar-refractivity contribution in [1.29, 1.82) is 5.26 Å². The fourth-order valence-electron chi connectivity index (χ4n) is 1.96. The number of hydrogen-bond acceptors (Lipinski definition) is 3. The van der Waals surface area contributed by atoms with Gasteiger partial charge in [0.2, 0.25) is 0 Å². The van der Waals surface area contributed by atoms with Gasteiger partial charge in [0, 0.05) is 10.6 Å². The summed E-state index contributed by atoms with van der Waals surface area (Å²) in [6.07, 6.45) is 1.64. The zero-order valence-corrected chi connectivity index (χ0v) is 13.0. The summed E-state index contributed by atoms with van der Waals surface area (Å²) in [5.74, 6) is -0.378. The Hall–Kier alpha value is -2.38. The van der Waals surface area contributed by atoms with E-state index >= 15 is 0 Å². The fourth-order valence-corrected chi connectivity index (χ4v) is 2.81. The van der Waals surface area contributed by atoms with Crippen LogP contribution in [0.25, 0.3) is 6.08 Å². The number of benzene rings is 1. The van der Waals surface area contributed by atoms with E-state index in [4.69, 9.17) is 0 Å². The number of hydrogen-bond donors (Lipinski definition) is 1. The van der Waals surface area contributed by atoms with Gasteiger partial charge in [-0.3, -0.25) is 4.79 Å². The second-order valence-corrected chi connectivity index (χ2v) is 5.86. The topological polar surface area (TPSA) is 52.9 Å². The van der Waals surface area contributed by atoms with E-state index in [1.54, 1.807) is 6.08 Å². The first-order valence-corrected chi connectivity index (χ1v) is 7.43. The molecule has 1 N–H and O–H groups in total. The number of nitrogens with zero attached hydrogens (tertiary/aromatic N) is 1. The predicted octanol–water partition coefficient (Wildman–Crippen LogP) is 4.22. The summed E-state index contributed by atoms with van der Waals surface area (Å²) in [6, 6.07) is 9.72. The minimum Gasteiger partial charge on any atom is -0.321 e. The largest absolute Gasteiger partial charge is 0.321 e. The van der Waals surface area contributed by atoms with Gasteiger partial charge in [0.25, 0.3) is 5.91 Å². The maximum absolute atomic E-state index is 12.2. The molecular formula is C17H16N2OS. The van der Waals surface area contributed by atoms with Crippen molar-refractivity contribution in [2.75, 3.05) is 5.32 Å². The number of amides is 1. The molecule has 0 saturated carbocycles. The maximum atomic E-state index is 12.2. The molecule has 3 nitrogen and oxygen atoms in total. The van der Waals surface area contributed by atoms with Crippen LogP contribution >= 0.6 is 11.3 Å². The average molecular weight is 296 g/mol. The lowest BCUT2D eigenvalue weighted by molar-refractivity contribution is -0.112. The van der Waals surface area contributed by atoms with Gasteiger partial charge in [-0.05, 0) is 55.5 Å². The van der Waals surface area contributed by atoms with Crippen molar-refractivity contribution >= 4 is 29.0 Å². The number of carbonyl (C=O) groups is 1. The number of rotatable bonds is 3. The van der Waals surface area contributed by atoms with Gasteiger partial charge in [0.1, 0.15) is 11.6 Å². The first-order chi connectivity index (χ1) is 10.0. The third-order valence-electron chi connectivity index (χ3n) is 3.17. The van der Waals surface area contributed by atoms with Crippen molar-refractivity contribution in [3.8, 4) is 6.07 Å². The van der Waals surface area contributed by atoms with Gasteiger partial charge in [-0.1, -0.05) is 17.7 Å². The minimum absolute atomic E-state index is 0.112. The zero-order chi connectivity index (χ0) is 15.4. The molecule has 0 atom stereocenters. The summed E-state index contributed by atoms with van der Waals surface area (Å²) in [6.45, 7) is 5.89. The molecule has 0 aliphatic heterocycles. The van der Waals surface area contributed by atoms with E-state index in [9.17, 15) is 10.1 Å². The Morgan fingerprint density at radius 2 is 2.00 bits per heavy atom. The van der Waals surface area contributed by atoms with Gasteiger partial charge in [0.15, 0.2) is 0 Å². The molecular weight excluding hydrogens is 280 g/mol. The highest BCUT2D eigenvalue weighted by atomic mass is 32.1. The Labute approximate surface area is 128 Å². The highest BCUT2D eigenvalue weighted by Crippen LogP contribution is 2.21. The Morgan fingerprint density at radius 3 is 2.57 bits per heavy atom. The van der Waals surface area contributed by atoms with E-state index in [2.05, 4.69) is 5.32 Å². The van der Waals surface area contributed by atoms with Crippen LogP contribution in [0.3, 0.4) is 0 Å². The molecule has 0 aliphatic rings. The first-order valence-electron chi connectivity index (χ1n) is 6.55. The molecule has 106 valence electrons. The lowest BCUT2D eigenvalue weighted by Gasteiger charge is -2.08. The van der Waals surface area contributed by atoms with E-state index < -0.39 is 0 Å². The Balaban J connectivity index is 2.24. The molecule has 0 unspecified atom stereocenters. The quantitative estimate of drug-likeness (QED) is 0.681. The summed E-state index contributed by atoms with van der Waals surface area (Å²) in [7, 11) is 0. The third-order valence-corrected chi connectivity index (χ3v) is 4.14. The normalized spacial score (nSPS) is 11.0. The Morgan fingerprint density at radius 1 is 1.24 bits per heavy atom. The van der Waals surface area contributed by atoms with E-state index in [1.807, 2.05) is 56.5 Å². The second-order valence-electron chi connectivity index (χ2n) is 4.91. The first kappa shape index (κ1) is 15.0. The van der Waals surface area contributed by atoms with Gasteiger partial charge in [-0.15, -0.1) is 11.3 Å². The van der Waals surface area contributed by atoms with Crippen LogP contribution in [0.4, 0.5) is 5.69 Å². The number of aryl methyl sites for hydroxylation is 3. The number of anilines is 1. The van der Waals surface area contributed by atoms with Crippen LogP contribution in [0.2, 0.25) is 0 Å². The monoisotopic (exact) mass is 296 g/mol. The molecule has 1 heterocycles. The van der Waals surface area contributed by atoms with Gasteiger partial charge in [-0.2, -0.15) is 5.26 Å². The minimum atomic E-state index is -0.378. The molecule has 4 heteroatoms. The van der Waals surface area contributed by atoms with E-state index in [0.29, 0.717) is 0 Å². The molecule has 1 amide bonds. The number of nitrogens with one attached hydrogen (secondary N) is 1. The standard InChI is InChI=1S/C17H16N2OS/c1-11-4-5-15(13(3)8-11)19-17(20)14(10-18)9-16-12(2)6-7-21-16/h4-9H,1-3H3,(H,19,20)/b14-9-. The number of carbonyl (C=O) groups excluding carboxylic acids is 1. The smallest absolute Gasteiger partial charge is 0.266 e. The lowest BCUT2D eigenvalue weighted by Crippen LogP contribution is -2.14. The number of nitriles is 1. The summed E-state index contributed by atoms with van der Waals surface area (Å²) in [4.78, 5) is 13.2. The average Bonchev–Trinajstić information content (AvgIpc) is 2.84. The van der Waals surface area contributed by atoms with Crippen molar-refractivity contribution in [3.05, 3.63) is 56.8 Å². The molecule has 0 fully saturated rings.